The SMILES string of the molecule is CCCCCCc1cc(CC(C#N)c2cccs2)sc1Br. The van der Waals surface area contributed by atoms with E-state index in [1.807, 2.05) is 11.4 Å². The van der Waals surface area contributed by atoms with E-state index < -0.39 is 0 Å². The number of unbranched alkanes of at least 4 members (excludes halogenated alkanes) is 3. The topological polar surface area (TPSA) is 23.8 Å². The van der Waals surface area contributed by atoms with Gasteiger partial charge in [-0.2, -0.15) is 5.26 Å². The highest BCUT2D eigenvalue weighted by Crippen LogP contribution is 2.33. The molecule has 0 aliphatic rings. The van der Waals surface area contributed by atoms with Crippen molar-refractivity contribution in [2.75, 3.05) is 0 Å². The second-order valence-corrected chi connectivity index (χ2v) is 8.66. The molecule has 0 N–H and O–H groups in total. The van der Waals surface area contributed by atoms with Crippen LogP contribution >= 0.6 is 38.6 Å². The van der Waals surface area contributed by atoms with Crippen molar-refractivity contribution in [1.82, 2.24) is 0 Å². The zero-order chi connectivity index (χ0) is 15.1. The lowest BCUT2D eigenvalue weighted by atomic mass is 10.0. The van der Waals surface area contributed by atoms with Gasteiger partial charge in [0, 0.05) is 16.2 Å². The lowest BCUT2D eigenvalue weighted by Gasteiger charge is -2.04. The van der Waals surface area contributed by atoms with E-state index in [1.54, 1.807) is 22.7 Å². The van der Waals surface area contributed by atoms with Gasteiger partial charge in [0.25, 0.3) is 0 Å². The molecule has 0 aromatic carbocycles. The standard InChI is InChI=1S/C17H20BrNS2/c1-2-3-4-5-7-13-10-15(21-17(13)18)11-14(12-19)16-8-6-9-20-16/h6,8-10,14H,2-5,7,11H2,1H3. The third-order valence-corrected chi connectivity index (χ3v) is 6.52. The highest BCUT2D eigenvalue weighted by molar-refractivity contribution is 9.11. The second-order valence-electron chi connectivity index (χ2n) is 5.22. The van der Waals surface area contributed by atoms with E-state index >= 15 is 0 Å². The Kier molecular flexibility index (Phi) is 6.95. The van der Waals surface area contributed by atoms with E-state index in [0.717, 1.165) is 12.8 Å². The van der Waals surface area contributed by atoms with Crippen LogP contribution in [0.15, 0.2) is 27.4 Å². The minimum Gasteiger partial charge on any atom is -0.198 e. The lowest BCUT2D eigenvalue weighted by molar-refractivity contribution is 0.666. The summed E-state index contributed by atoms with van der Waals surface area (Å²) in [7, 11) is 0. The molecule has 0 aliphatic heterocycles. The molecule has 0 saturated carbocycles. The van der Waals surface area contributed by atoms with E-state index in [1.165, 1.54) is 44.8 Å². The molecular formula is C17H20BrNS2. The first-order valence-electron chi connectivity index (χ1n) is 7.44. The lowest BCUT2D eigenvalue weighted by Crippen LogP contribution is -1.96. The van der Waals surface area contributed by atoms with Gasteiger partial charge in [-0.15, -0.1) is 22.7 Å². The molecule has 0 fully saturated rings. The molecule has 2 aromatic heterocycles. The fourth-order valence-corrected chi connectivity index (χ4v) is 5.06. The van der Waals surface area contributed by atoms with Crippen molar-refractivity contribution in [3.8, 4) is 6.07 Å². The molecule has 2 rings (SSSR count). The smallest absolute Gasteiger partial charge is 0.0854 e. The molecule has 1 atom stereocenters. The van der Waals surface area contributed by atoms with Gasteiger partial charge in [0.15, 0.2) is 0 Å². The van der Waals surface area contributed by atoms with Crippen molar-refractivity contribution in [2.45, 2.75) is 51.4 Å². The summed E-state index contributed by atoms with van der Waals surface area (Å²) in [5.74, 6) is -0.0107. The summed E-state index contributed by atoms with van der Waals surface area (Å²) < 4.78 is 1.25. The summed E-state index contributed by atoms with van der Waals surface area (Å²) in [5.41, 5.74) is 1.41. The third kappa shape index (κ3) is 4.95. The maximum Gasteiger partial charge on any atom is 0.0854 e. The number of rotatable bonds is 8. The van der Waals surface area contributed by atoms with E-state index in [4.69, 9.17) is 0 Å². The molecule has 0 spiro atoms. The van der Waals surface area contributed by atoms with Crippen molar-refractivity contribution < 1.29 is 0 Å². The first-order valence-corrected chi connectivity index (χ1v) is 9.93. The molecule has 1 nitrogen and oxygen atoms in total. The molecule has 21 heavy (non-hydrogen) atoms. The number of halogens is 1. The summed E-state index contributed by atoms with van der Waals surface area (Å²) >= 11 is 7.15. The van der Waals surface area contributed by atoms with Crippen molar-refractivity contribution in [2.24, 2.45) is 0 Å². The predicted octanol–water partition coefficient (Wildman–Crippen LogP) is 6.54. The number of nitriles is 1. The van der Waals surface area contributed by atoms with Gasteiger partial charge in [-0.05, 0) is 51.8 Å². The van der Waals surface area contributed by atoms with Crippen LogP contribution in [0.2, 0.25) is 0 Å². The van der Waals surface area contributed by atoms with Crippen LogP contribution in [-0.2, 0) is 12.8 Å². The average Bonchev–Trinajstić information content (AvgIpc) is 3.11. The molecule has 0 bridgehead atoms. The monoisotopic (exact) mass is 381 g/mol. The largest absolute Gasteiger partial charge is 0.198 e. The Morgan fingerprint density at radius 2 is 2.19 bits per heavy atom. The highest BCUT2D eigenvalue weighted by atomic mass is 79.9. The Morgan fingerprint density at radius 3 is 2.86 bits per heavy atom. The molecular weight excluding hydrogens is 362 g/mol. The van der Waals surface area contributed by atoms with Crippen LogP contribution in [0, 0.1) is 11.3 Å². The van der Waals surface area contributed by atoms with Gasteiger partial charge in [-0.1, -0.05) is 32.3 Å². The molecule has 0 radical (unpaired) electrons. The molecule has 0 saturated heterocycles. The van der Waals surface area contributed by atoms with Crippen molar-refractivity contribution in [3.05, 3.63) is 42.7 Å². The fourth-order valence-electron chi connectivity index (χ4n) is 2.38. The Bertz CT molecular complexity index is 580. The number of aryl methyl sites for hydroxylation is 1. The molecule has 4 heteroatoms. The van der Waals surface area contributed by atoms with Crippen LogP contribution in [0.5, 0.6) is 0 Å². The van der Waals surface area contributed by atoms with Gasteiger partial charge in [0.2, 0.25) is 0 Å². The normalized spacial score (nSPS) is 12.2. The quantitative estimate of drug-likeness (QED) is 0.475. The van der Waals surface area contributed by atoms with Crippen LogP contribution in [-0.4, -0.2) is 0 Å². The Hall–Kier alpha value is -0.630. The van der Waals surface area contributed by atoms with Gasteiger partial charge in [-0.3, -0.25) is 0 Å². The Labute approximate surface area is 143 Å². The van der Waals surface area contributed by atoms with Gasteiger partial charge in [-0.25, -0.2) is 0 Å². The van der Waals surface area contributed by atoms with Crippen molar-refractivity contribution in [1.29, 1.82) is 5.26 Å². The minimum absolute atomic E-state index is 0.0107. The summed E-state index contributed by atoms with van der Waals surface area (Å²) in [6.07, 6.45) is 7.14. The summed E-state index contributed by atoms with van der Waals surface area (Å²) in [6.45, 7) is 2.24. The zero-order valence-electron chi connectivity index (χ0n) is 12.3. The minimum atomic E-state index is -0.0107. The summed E-state index contributed by atoms with van der Waals surface area (Å²) in [5, 5.41) is 11.4. The Morgan fingerprint density at radius 1 is 1.33 bits per heavy atom. The first-order chi connectivity index (χ1) is 10.2. The first kappa shape index (κ1) is 16.7. The van der Waals surface area contributed by atoms with Crippen molar-refractivity contribution >= 4 is 38.6 Å². The molecule has 112 valence electrons. The van der Waals surface area contributed by atoms with E-state index in [-0.39, 0.29) is 5.92 Å². The number of hydrogen-bond acceptors (Lipinski definition) is 3. The van der Waals surface area contributed by atoms with Gasteiger partial charge < -0.3 is 0 Å². The van der Waals surface area contributed by atoms with E-state index in [0.29, 0.717) is 0 Å². The molecule has 0 amide bonds. The maximum atomic E-state index is 9.39. The molecule has 0 aliphatic carbocycles. The summed E-state index contributed by atoms with van der Waals surface area (Å²) in [6, 6.07) is 8.82. The van der Waals surface area contributed by atoms with Crippen molar-refractivity contribution in [3.63, 3.8) is 0 Å². The Balaban J connectivity index is 1.96. The van der Waals surface area contributed by atoms with E-state index in [9.17, 15) is 5.26 Å². The number of nitrogens with zero attached hydrogens (tertiary/aromatic N) is 1. The highest BCUT2D eigenvalue weighted by Gasteiger charge is 2.15. The molecule has 2 heterocycles. The average molecular weight is 382 g/mol. The zero-order valence-corrected chi connectivity index (χ0v) is 15.5. The van der Waals surface area contributed by atoms with Crippen LogP contribution in [0.25, 0.3) is 0 Å². The van der Waals surface area contributed by atoms with Gasteiger partial charge in [0.05, 0.1) is 15.8 Å². The third-order valence-electron chi connectivity index (χ3n) is 3.56. The fraction of sp³-hybridized carbons (Fsp3) is 0.471. The maximum absolute atomic E-state index is 9.39. The molecule has 2 aromatic rings. The van der Waals surface area contributed by atoms with E-state index in [2.05, 4.69) is 41.1 Å². The van der Waals surface area contributed by atoms with Crippen LogP contribution < -0.4 is 0 Å². The van der Waals surface area contributed by atoms with Crippen LogP contribution in [0.1, 0.15) is 53.8 Å². The van der Waals surface area contributed by atoms with Crippen LogP contribution in [0.4, 0.5) is 0 Å². The summed E-state index contributed by atoms with van der Waals surface area (Å²) in [4.78, 5) is 2.49. The van der Waals surface area contributed by atoms with Crippen LogP contribution in [0.3, 0.4) is 0 Å². The molecule has 1 unspecified atom stereocenters. The van der Waals surface area contributed by atoms with Gasteiger partial charge >= 0.3 is 0 Å². The number of thiophene rings is 2. The predicted molar refractivity (Wildman–Crippen MR) is 96.2 cm³/mol. The van der Waals surface area contributed by atoms with Gasteiger partial charge in [0.1, 0.15) is 0 Å². The number of hydrogen-bond donors (Lipinski definition) is 0. The second kappa shape index (κ2) is 8.73.